The summed E-state index contributed by atoms with van der Waals surface area (Å²) >= 11 is 1.39. The molecule has 1 heterocycles. The van der Waals surface area contributed by atoms with Gasteiger partial charge in [-0.05, 0) is 43.2 Å². The SMILES string of the molecule is CCOC(=O)c1sc(C2CC2)c2c1CCC(F)(F)C2. The first-order valence-corrected chi connectivity index (χ1v) is 7.53. The van der Waals surface area contributed by atoms with Gasteiger partial charge >= 0.3 is 5.97 Å². The van der Waals surface area contributed by atoms with E-state index in [0.29, 0.717) is 23.8 Å². The van der Waals surface area contributed by atoms with Gasteiger partial charge < -0.3 is 4.74 Å². The molecule has 0 radical (unpaired) electrons. The molecule has 0 aromatic carbocycles. The molecule has 5 heteroatoms. The van der Waals surface area contributed by atoms with E-state index in [1.165, 1.54) is 11.3 Å². The van der Waals surface area contributed by atoms with Gasteiger partial charge in [-0.1, -0.05) is 0 Å². The normalized spacial score (nSPS) is 21.0. The average molecular weight is 286 g/mol. The van der Waals surface area contributed by atoms with Crippen LogP contribution in [0.5, 0.6) is 0 Å². The minimum atomic E-state index is -2.62. The van der Waals surface area contributed by atoms with Crippen LogP contribution in [0.1, 0.15) is 57.8 Å². The van der Waals surface area contributed by atoms with Crippen molar-refractivity contribution in [3.8, 4) is 0 Å². The Labute approximate surface area is 114 Å². The summed E-state index contributed by atoms with van der Waals surface area (Å²) < 4.78 is 32.2. The van der Waals surface area contributed by atoms with Crippen LogP contribution in [0, 0.1) is 0 Å². The minimum absolute atomic E-state index is 0.159. The fourth-order valence-electron chi connectivity index (χ4n) is 2.67. The number of halogens is 2. The quantitative estimate of drug-likeness (QED) is 0.787. The molecule has 0 amide bonds. The van der Waals surface area contributed by atoms with Crippen LogP contribution >= 0.6 is 11.3 Å². The highest BCUT2D eigenvalue weighted by atomic mass is 32.1. The van der Waals surface area contributed by atoms with Gasteiger partial charge in [-0.2, -0.15) is 0 Å². The van der Waals surface area contributed by atoms with Crippen molar-refractivity contribution in [1.29, 1.82) is 0 Å². The lowest BCUT2D eigenvalue weighted by atomic mass is 9.88. The maximum Gasteiger partial charge on any atom is 0.348 e. The highest BCUT2D eigenvalue weighted by Gasteiger charge is 2.41. The highest BCUT2D eigenvalue weighted by molar-refractivity contribution is 7.14. The second-order valence-corrected chi connectivity index (χ2v) is 6.33. The number of carbonyl (C=O) groups is 1. The number of alkyl halides is 2. The van der Waals surface area contributed by atoms with Gasteiger partial charge in [0.15, 0.2) is 0 Å². The molecule has 0 saturated heterocycles. The zero-order valence-electron chi connectivity index (χ0n) is 10.8. The number of rotatable bonds is 3. The summed E-state index contributed by atoms with van der Waals surface area (Å²) in [4.78, 5) is 13.5. The molecule has 1 aromatic rings. The van der Waals surface area contributed by atoms with Gasteiger partial charge in [0.05, 0.1) is 6.61 Å². The third kappa shape index (κ3) is 2.40. The van der Waals surface area contributed by atoms with Crippen molar-refractivity contribution in [2.24, 2.45) is 0 Å². The Kier molecular flexibility index (Phi) is 3.12. The van der Waals surface area contributed by atoms with Crippen LogP contribution in [0.25, 0.3) is 0 Å². The van der Waals surface area contributed by atoms with Gasteiger partial charge in [-0.3, -0.25) is 0 Å². The van der Waals surface area contributed by atoms with Crippen molar-refractivity contribution in [2.75, 3.05) is 6.61 Å². The monoisotopic (exact) mass is 286 g/mol. The molecule has 1 aromatic heterocycles. The molecule has 0 unspecified atom stereocenters. The summed E-state index contributed by atoms with van der Waals surface area (Å²) in [6, 6.07) is 0. The third-order valence-electron chi connectivity index (χ3n) is 3.73. The molecule has 2 aliphatic rings. The van der Waals surface area contributed by atoms with Gasteiger partial charge in [0, 0.05) is 17.7 Å². The van der Waals surface area contributed by atoms with Gasteiger partial charge in [0.25, 0.3) is 5.92 Å². The van der Waals surface area contributed by atoms with E-state index in [-0.39, 0.29) is 18.8 Å². The van der Waals surface area contributed by atoms with Crippen LogP contribution in [-0.4, -0.2) is 18.5 Å². The molecule has 0 aliphatic heterocycles. The first-order valence-electron chi connectivity index (χ1n) is 6.71. The number of fused-ring (bicyclic) bond motifs is 1. The van der Waals surface area contributed by atoms with Crippen LogP contribution in [0.3, 0.4) is 0 Å². The molecule has 104 valence electrons. The Morgan fingerprint density at radius 2 is 2.16 bits per heavy atom. The number of thiophene rings is 1. The Morgan fingerprint density at radius 3 is 2.79 bits per heavy atom. The topological polar surface area (TPSA) is 26.3 Å². The molecule has 0 bridgehead atoms. The number of hydrogen-bond acceptors (Lipinski definition) is 3. The third-order valence-corrected chi connectivity index (χ3v) is 5.15. The second-order valence-electron chi connectivity index (χ2n) is 5.28. The fourth-order valence-corrected chi connectivity index (χ4v) is 4.10. The first kappa shape index (κ1) is 13.0. The van der Waals surface area contributed by atoms with E-state index in [0.717, 1.165) is 28.8 Å². The van der Waals surface area contributed by atoms with E-state index in [9.17, 15) is 13.6 Å². The molecule has 2 nitrogen and oxygen atoms in total. The summed E-state index contributed by atoms with van der Waals surface area (Å²) in [7, 11) is 0. The first-order chi connectivity index (χ1) is 9.02. The van der Waals surface area contributed by atoms with E-state index < -0.39 is 5.92 Å². The van der Waals surface area contributed by atoms with Gasteiger partial charge in [-0.25, -0.2) is 13.6 Å². The van der Waals surface area contributed by atoms with Crippen LogP contribution < -0.4 is 0 Å². The van der Waals surface area contributed by atoms with E-state index in [4.69, 9.17) is 4.74 Å². The standard InChI is InChI=1S/C14H16F2O2S/c1-2-18-13(17)12-9-5-6-14(15,16)7-10(9)11(19-12)8-3-4-8/h8H,2-7H2,1H3. The van der Waals surface area contributed by atoms with Gasteiger partial charge in [0.2, 0.25) is 0 Å². The molecule has 1 saturated carbocycles. The fraction of sp³-hybridized carbons (Fsp3) is 0.643. The van der Waals surface area contributed by atoms with Crippen molar-refractivity contribution in [2.45, 2.75) is 50.9 Å². The van der Waals surface area contributed by atoms with E-state index in [2.05, 4.69) is 0 Å². The van der Waals surface area contributed by atoms with Crippen molar-refractivity contribution in [1.82, 2.24) is 0 Å². The van der Waals surface area contributed by atoms with Crippen molar-refractivity contribution >= 4 is 17.3 Å². The Bertz CT molecular complexity index is 518. The molecular weight excluding hydrogens is 270 g/mol. The minimum Gasteiger partial charge on any atom is -0.462 e. The predicted octanol–water partition coefficient (Wildman–Crippen LogP) is 3.93. The molecule has 3 rings (SSSR count). The average Bonchev–Trinajstić information content (AvgIpc) is 3.10. The van der Waals surface area contributed by atoms with Gasteiger partial charge in [-0.15, -0.1) is 11.3 Å². The second kappa shape index (κ2) is 4.54. The lowest BCUT2D eigenvalue weighted by Crippen LogP contribution is -2.26. The zero-order chi connectivity index (χ0) is 13.6. The molecule has 0 atom stereocenters. The summed E-state index contributed by atoms with van der Waals surface area (Å²) in [6.07, 6.45) is 2.04. The molecule has 2 aliphatic carbocycles. The van der Waals surface area contributed by atoms with Crippen LogP contribution in [0.15, 0.2) is 0 Å². The number of esters is 1. The highest BCUT2D eigenvalue weighted by Crippen LogP contribution is 2.50. The van der Waals surface area contributed by atoms with Crippen LogP contribution in [-0.2, 0) is 17.6 Å². The van der Waals surface area contributed by atoms with Crippen molar-refractivity contribution in [3.05, 3.63) is 20.9 Å². The summed E-state index contributed by atoms with van der Waals surface area (Å²) in [6.45, 7) is 2.08. The molecule has 0 spiro atoms. The number of hydrogen-bond donors (Lipinski definition) is 0. The lowest BCUT2D eigenvalue weighted by molar-refractivity contribution is -0.0124. The molecule has 0 N–H and O–H groups in total. The van der Waals surface area contributed by atoms with Gasteiger partial charge in [0.1, 0.15) is 4.88 Å². The van der Waals surface area contributed by atoms with E-state index in [1.807, 2.05) is 0 Å². The van der Waals surface area contributed by atoms with E-state index in [1.54, 1.807) is 6.92 Å². The Hall–Kier alpha value is -0.970. The molecule has 19 heavy (non-hydrogen) atoms. The van der Waals surface area contributed by atoms with E-state index >= 15 is 0 Å². The van der Waals surface area contributed by atoms with Crippen LogP contribution in [0.2, 0.25) is 0 Å². The van der Waals surface area contributed by atoms with Crippen molar-refractivity contribution in [3.63, 3.8) is 0 Å². The molecular formula is C14H16F2O2S. The maximum atomic E-state index is 13.6. The Morgan fingerprint density at radius 1 is 1.42 bits per heavy atom. The number of carbonyl (C=O) groups excluding carboxylic acids is 1. The predicted molar refractivity (Wildman–Crippen MR) is 69.2 cm³/mol. The smallest absolute Gasteiger partial charge is 0.348 e. The summed E-state index contributed by atoms with van der Waals surface area (Å²) in [5.41, 5.74) is 1.57. The zero-order valence-corrected chi connectivity index (χ0v) is 11.6. The summed E-state index contributed by atoms with van der Waals surface area (Å²) in [5, 5.41) is 0. The lowest BCUT2D eigenvalue weighted by Gasteiger charge is -2.23. The summed E-state index contributed by atoms with van der Waals surface area (Å²) in [5.74, 6) is -2.57. The molecule has 1 fully saturated rings. The Balaban J connectivity index is 2.01. The number of ether oxygens (including phenoxy) is 1. The largest absolute Gasteiger partial charge is 0.462 e. The maximum absolute atomic E-state index is 13.6. The van der Waals surface area contributed by atoms with Crippen molar-refractivity contribution < 1.29 is 18.3 Å². The van der Waals surface area contributed by atoms with Crippen LogP contribution in [0.4, 0.5) is 8.78 Å².